The summed E-state index contributed by atoms with van der Waals surface area (Å²) in [6.45, 7) is 1.67. The van der Waals surface area contributed by atoms with Crippen LogP contribution in [0.3, 0.4) is 0 Å². The number of benzene rings is 1. The minimum atomic E-state index is -3.89. The number of aryl methyl sites for hydroxylation is 2. The molecule has 0 saturated carbocycles. The number of sulfonamides is 1. The quantitative estimate of drug-likeness (QED) is 0.708. The van der Waals surface area contributed by atoms with E-state index in [-0.39, 0.29) is 23.6 Å². The Bertz CT molecular complexity index is 978. The second kappa shape index (κ2) is 7.16. The van der Waals surface area contributed by atoms with Crippen LogP contribution in [0.15, 0.2) is 50.4 Å². The van der Waals surface area contributed by atoms with Gasteiger partial charge in [-0.3, -0.25) is 4.79 Å². The minimum Gasteiger partial charge on any atom is -0.421 e. The summed E-state index contributed by atoms with van der Waals surface area (Å²) in [7, 11) is -3.89. The molecule has 1 N–H and O–H groups in total. The average molecular weight is 377 g/mol. The van der Waals surface area contributed by atoms with E-state index in [1.807, 2.05) is 16.8 Å². The van der Waals surface area contributed by atoms with E-state index >= 15 is 0 Å². The van der Waals surface area contributed by atoms with Gasteiger partial charge in [0.05, 0.1) is 4.90 Å². The molecule has 0 aliphatic heterocycles. The first-order chi connectivity index (χ1) is 12.0. The molecule has 1 aromatic carbocycles. The predicted octanol–water partition coefficient (Wildman–Crippen LogP) is 2.54. The third kappa shape index (κ3) is 4.12. The smallest absolute Gasteiger partial charge is 0.264 e. The van der Waals surface area contributed by atoms with Crippen LogP contribution in [-0.2, 0) is 21.2 Å². The molecule has 0 spiro atoms. The maximum Gasteiger partial charge on any atom is 0.264 e. The SMILES string of the molecule is Cc1ccccc1S(=O)(=O)NC(=O)CCc1nnc(-c2ccsc2)o1. The third-order valence-electron chi connectivity index (χ3n) is 3.43. The monoisotopic (exact) mass is 377 g/mol. The molecule has 3 aromatic rings. The van der Waals surface area contributed by atoms with Gasteiger partial charge in [-0.25, -0.2) is 13.1 Å². The summed E-state index contributed by atoms with van der Waals surface area (Å²) in [5.74, 6) is 0.0346. The van der Waals surface area contributed by atoms with Crippen molar-refractivity contribution in [1.82, 2.24) is 14.9 Å². The summed E-state index contributed by atoms with van der Waals surface area (Å²) in [5.41, 5.74) is 1.38. The number of aromatic nitrogens is 2. The van der Waals surface area contributed by atoms with Gasteiger partial charge in [-0.2, -0.15) is 11.3 Å². The highest BCUT2D eigenvalue weighted by atomic mass is 32.2. The van der Waals surface area contributed by atoms with Crippen molar-refractivity contribution in [2.45, 2.75) is 24.7 Å². The normalized spacial score (nSPS) is 11.4. The number of amides is 1. The van der Waals surface area contributed by atoms with Crippen LogP contribution in [0, 0.1) is 6.92 Å². The van der Waals surface area contributed by atoms with Crippen LogP contribution in [0.4, 0.5) is 0 Å². The number of carbonyl (C=O) groups is 1. The maximum atomic E-state index is 12.3. The van der Waals surface area contributed by atoms with Crippen molar-refractivity contribution in [3.63, 3.8) is 0 Å². The van der Waals surface area contributed by atoms with Gasteiger partial charge in [-0.15, -0.1) is 10.2 Å². The van der Waals surface area contributed by atoms with E-state index in [1.54, 1.807) is 25.1 Å². The molecule has 25 heavy (non-hydrogen) atoms. The lowest BCUT2D eigenvalue weighted by Gasteiger charge is -2.08. The van der Waals surface area contributed by atoms with Crippen LogP contribution in [0.25, 0.3) is 11.5 Å². The number of nitrogens with zero attached hydrogens (tertiary/aromatic N) is 2. The topological polar surface area (TPSA) is 102 Å². The van der Waals surface area contributed by atoms with Gasteiger partial charge in [0.25, 0.3) is 10.0 Å². The fraction of sp³-hybridized carbons (Fsp3) is 0.188. The first kappa shape index (κ1) is 17.3. The highest BCUT2D eigenvalue weighted by Gasteiger charge is 2.20. The zero-order valence-corrected chi connectivity index (χ0v) is 14.9. The van der Waals surface area contributed by atoms with Crippen molar-refractivity contribution in [3.05, 3.63) is 52.5 Å². The molecule has 0 saturated heterocycles. The van der Waals surface area contributed by atoms with Gasteiger partial charge in [0, 0.05) is 23.8 Å². The molecule has 2 aromatic heterocycles. The van der Waals surface area contributed by atoms with Gasteiger partial charge in [-0.05, 0) is 30.0 Å². The molecule has 0 fully saturated rings. The van der Waals surface area contributed by atoms with Crippen molar-refractivity contribution in [3.8, 4) is 11.5 Å². The Morgan fingerprint density at radius 3 is 2.76 bits per heavy atom. The summed E-state index contributed by atoms with van der Waals surface area (Å²) >= 11 is 1.51. The Hall–Kier alpha value is -2.52. The fourth-order valence-corrected chi connectivity index (χ4v) is 4.08. The van der Waals surface area contributed by atoms with E-state index in [2.05, 4.69) is 14.9 Å². The summed E-state index contributed by atoms with van der Waals surface area (Å²) in [4.78, 5) is 12.1. The summed E-state index contributed by atoms with van der Waals surface area (Å²) in [6, 6.07) is 8.32. The Morgan fingerprint density at radius 2 is 2.04 bits per heavy atom. The van der Waals surface area contributed by atoms with E-state index in [0.717, 1.165) is 5.56 Å². The van der Waals surface area contributed by atoms with Gasteiger partial charge in [0.15, 0.2) is 0 Å². The van der Waals surface area contributed by atoms with Crippen LogP contribution in [0.5, 0.6) is 0 Å². The molecule has 0 atom stereocenters. The Labute approximate surface area is 148 Å². The molecule has 0 aliphatic rings. The van der Waals surface area contributed by atoms with Crippen molar-refractivity contribution < 1.29 is 17.6 Å². The molecule has 0 bridgehead atoms. The zero-order valence-electron chi connectivity index (χ0n) is 13.3. The molecule has 0 aliphatic carbocycles. The van der Waals surface area contributed by atoms with E-state index in [9.17, 15) is 13.2 Å². The first-order valence-corrected chi connectivity index (χ1v) is 9.84. The van der Waals surface area contributed by atoms with E-state index in [4.69, 9.17) is 4.42 Å². The number of hydrogen-bond donors (Lipinski definition) is 1. The lowest BCUT2D eigenvalue weighted by atomic mass is 10.2. The van der Waals surface area contributed by atoms with Crippen LogP contribution < -0.4 is 4.72 Å². The largest absolute Gasteiger partial charge is 0.421 e. The number of nitrogens with one attached hydrogen (secondary N) is 1. The second-order valence-corrected chi connectivity index (χ2v) is 7.74. The molecule has 3 rings (SSSR count). The third-order valence-corrected chi connectivity index (χ3v) is 5.65. The fourth-order valence-electron chi connectivity index (χ4n) is 2.19. The molecule has 2 heterocycles. The van der Waals surface area contributed by atoms with E-state index < -0.39 is 15.9 Å². The second-order valence-electron chi connectivity index (χ2n) is 5.31. The number of rotatable bonds is 6. The molecule has 9 heteroatoms. The maximum absolute atomic E-state index is 12.3. The summed E-state index contributed by atoms with van der Waals surface area (Å²) in [6.07, 6.45) is 0.0860. The number of hydrogen-bond acceptors (Lipinski definition) is 7. The van der Waals surface area contributed by atoms with Gasteiger partial charge < -0.3 is 4.42 Å². The highest BCUT2D eigenvalue weighted by molar-refractivity contribution is 7.90. The van der Waals surface area contributed by atoms with Crippen molar-refractivity contribution >= 4 is 27.3 Å². The van der Waals surface area contributed by atoms with E-state index in [0.29, 0.717) is 11.5 Å². The minimum absolute atomic E-state index is 0.0730. The lowest BCUT2D eigenvalue weighted by molar-refractivity contribution is -0.119. The lowest BCUT2D eigenvalue weighted by Crippen LogP contribution is -2.31. The molecular formula is C16H15N3O4S2. The standard InChI is InChI=1S/C16H15N3O4S2/c1-11-4-2-3-5-13(11)25(21,22)19-14(20)6-7-15-17-18-16(23-15)12-8-9-24-10-12/h2-5,8-10H,6-7H2,1H3,(H,19,20). The van der Waals surface area contributed by atoms with Crippen LogP contribution in [0.1, 0.15) is 17.9 Å². The molecule has 7 nitrogen and oxygen atoms in total. The van der Waals surface area contributed by atoms with E-state index in [1.165, 1.54) is 17.4 Å². The van der Waals surface area contributed by atoms with Crippen LogP contribution in [0.2, 0.25) is 0 Å². The average Bonchev–Trinajstić information content (AvgIpc) is 3.24. The number of thiophene rings is 1. The zero-order chi connectivity index (χ0) is 17.9. The van der Waals surface area contributed by atoms with Crippen LogP contribution in [-0.4, -0.2) is 24.5 Å². The van der Waals surface area contributed by atoms with Gasteiger partial charge in [0.1, 0.15) is 0 Å². The Kier molecular flexibility index (Phi) is 4.95. The predicted molar refractivity (Wildman–Crippen MR) is 92.4 cm³/mol. The number of carbonyl (C=O) groups excluding carboxylic acids is 1. The Balaban J connectivity index is 1.61. The first-order valence-electron chi connectivity index (χ1n) is 7.42. The van der Waals surface area contributed by atoms with Crippen molar-refractivity contribution in [2.75, 3.05) is 0 Å². The van der Waals surface area contributed by atoms with Crippen LogP contribution >= 0.6 is 11.3 Å². The molecule has 130 valence electrons. The van der Waals surface area contributed by atoms with Crippen molar-refractivity contribution in [2.24, 2.45) is 0 Å². The summed E-state index contributed by atoms with van der Waals surface area (Å²) < 4.78 is 32.0. The van der Waals surface area contributed by atoms with Gasteiger partial charge >= 0.3 is 0 Å². The highest BCUT2D eigenvalue weighted by Crippen LogP contribution is 2.21. The summed E-state index contributed by atoms with van der Waals surface area (Å²) in [5, 5.41) is 11.5. The molecule has 1 amide bonds. The Morgan fingerprint density at radius 1 is 1.24 bits per heavy atom. The van der Waals surface area contributed by atoms with Gasteiger partial charge in [0.2, 0.25) is 17.7 Å². The van der Waals surface area contributed by atoms with Gasteiger partial charge in [-0.1, -0.05) is 18.2 Å². The molecule has 0 radical (unpaired) electrons. The van der Waals surface area contributed by atoms with Crippen molar-refractivity contribution in [1.29, 1.82) is 0 Å². The molecule has 0 unspecified atom stereocenters. The molecular weight excluding hydrogens is 362 g/mol.